The highest BCUT2D eigenvalue weighted by Crippen LogP contribution is 2.20. The number of nitrogens with two attached hydrogens (primary N) is 1. The van der Waals surface area contributed by atoms with E-state index in [1.165, 1.54) is 12.1 Å². The van der Waals surface area contributed by atoms with E-state index in [9.17, 15) is 13.6 Å². The van der Waals surface area contributed by atoms with E-state index >= 15 is 0 Å². The smallest absolute Gasteiger partial charge is 0.336 e. The van der Waals surface area contributed by atoms with Gasteiger partial charge >= 0.3 is 5.63 Å². The fraction of sp³-hybridized carbons (Fsp3) is 0.100. The lowest BCUT2D eigenvalue weighted by Crippen LogP contribution is -2.04. The molecule has 2 N–H and O–H groups in total. The minimum atomic E-state index is -2.63. The predicted molar refractivity (Wildman–Crippen MR) is 60.6 cm³/mol. The summed E-state index contributed by atoms with van der Waals surface area (Å²) in [5.74, 6) is 0. The molecular formula is C10H8NO5S-. The van der Waals surface area contributed by atoms with Crippen molar-refractivity contribution in [3.05, 3.63) is 40.2 Å². The van der Waals surface area contributed by atoms with Gasteiger partial charge in [-0.25, -0.2) is 9.00 Å². The van der Waals surface area contributed by atoms with Crippen LogP contribution in [0.3, 0.4) is 0 Å². The average Bonchev–Trinajstić information content (AvgIpc) is 2.24. The van der Waals surface area contributed by atoms with Crippen molar-refractivity contribution in [2.24, 2.45) is 0 Å². The van der Waals surface area contributed by atoms with Gasteiger partial charge in [-0.3, -0.25) is 4.18 Å². The Morgan fingerprint density at radius 1 is 1.41 bits per heavy atom. The van der Waals surface area contributed by atoms with E-state index in [-0.39, 0.29) is 6.61 Å². The van der Waals surface area contributed by atoms with Crippen LogP contribution in [0.2, 0.25) is 0 Å². The van der Waals surface area contributed by atoms with Crippen LogP contribution in [0.1, 0.15) is 5.56 Å². The van der Waals surface area contributed by atoms with Crippen molar-refractivity contribution in [2.75, 3.05) is 5.73 Å². The minimum absolute atomic E-state index is 0.220. The van der Waals surface area contributed by atoms with Gasteiger partial charge in [0.05, 0.1) is 18.0 Å². The monoisotopic (exact) mass is 254 g/mol. The third-order valence-electron chi connectivity index (χ3n) is 2.16. The van der Waals surface area contributed by atoms with Crippen LogP contribution in [-0.2, 0) is 22.2 Å². The summed E-state index contributed by atoms with van der Waals surface area (Å²) in [4.78, 5) is 11.2. The summed E-state index contributed by atoms with van der Waals surface area (Å²) < 4.78 is 30.0. The van der Waals surface area contributed by atoms with Crippen molar-refractivity contribution < 1.29 is 17.4 Å². The first-order valence-corrected chi connectivity index (χ1v) is 5.61. The molecule has 17 heavy (non-hydrogen) atoms. The molecule has 2 rings (SSSR count). The zero-order chi connectivity index (χ0) is 12.4. The lowest BCUT2D eigenvalue weighted by molar-refractivity contribution is 0.291. The third-order valence-corrected chi connectivity index (χ3v) is 2.48. The average molecular weight is 254 g/mol. The molecule has 0 saturated carbocycles. The van der Waals surface area contributed by atoms with Gasteiger partial charge in [-0.2, -0.15) is 0 Å². The van der Waals surface area contributed by atoms with Gasteiger partial charge in [0.15, 0.2) is 0 Å². The van der Waals surface area contributed by atoms with Crippen molar-refractivity contribution in [1.29, 1.82) is 0 Å². The van der Waals surface area contributed by atoms with Crippen molar-refractivity contribution in [1.82, 2.24) is 0 Å². The Morgan fingerprint density at radius 2 is 2.18 bits per heavy atom. The molecule has 6 nitrogen and oxygen atoms in total. The van der Waals surface area contributed by atoms with Crippen LogP contribution in [0, 0.1) is 0 Å². The predicted octanol–water partition coefficient (Wildman–Crippen LogP) is 0.686. The number of hydrogen-bond donors (Lipinski definition) is 1. The van der Waals surface area contributed by atoms with Crippen molar-refractivity contribution in [2.45, 2.75) is 6.61 Å². The molecule has 2 aromatic rings. The number of rotatable bonds is 3. The van der Waals surface area contributed by atoms with Gasteiger partial charge in [0.2, 0.25) is 0 Å². The van der Waals surface area contributed by atoms with Gasteiger partial charge in [-0.1, -0.05) is 0 Å². The zero-order valence-corrected chi connectivity index (χ0v) is 9.36. The molecule has 0 bridgehead atoms. The van der Waals surface area contributed by atoms with Crippen LogP contribution in [0.5, 0.6) is 0 Å². The number of fused-ring (bicyclic) bond motifs is 1. The summed E-state index contributed by atoms with van der Waals surface area (Å²) >= 11 is -2.63. The van der Waals surface area contributed by atoms with Gasteiger partial charge < -0.3 is 14.7 Å². The largest absolute Gasteiger partial charge is 0.750 e. The molecular weight excluding hydrogens is 246 g/mol. The highest BCUT2D eigenvalue weighted by atomic mass is 32.2. The SMILES string of the molecule is Nc1ccc2c(COS(=O)[O-])cc(=O)oc2c1. The fourth-order valence-electron chi connectivity index (χ4n) is 1.48. The van der Waals surface area contributed by atoms with Gasteiger partial charge in [0, 0.05) is 23.2 Å². The molecule has 0 fully saturated rings. The molecule has 0 radical (unpaired) electrons. The number of hydrogen-bond acceptors (Lipinski definition) is 6. The summed E-state index contributed by atoms with van der Waals surface area (Å²) in [6, 6.07) is 5.94. The summed E-state index contributed by atoms with van der Waals surface area (Å²) in [5, 5.41) is 0.587. The van der Waals surface area contributed by atoms with E-state index < -0.39 is 17.0 Å². The Balaban J connectivity index is 2.53. The zero-order valence-electron chi connectivity index (χ0n) is 8.54. The Hall–Kier alpha value is -1.70. The van der Waals surface area contributed by atoms with Crippen molar-refractivity contribution in [3.8, 4) is 0 Å². The Kier molecular flexibility index (Phi) is 3.23. The van der Waals surface area contributed by atoms with E-state index in [0.717, 1.165) is 0 Å². The van der Waals surface area contributed by atoms with Crippen molar-refractivity contribution in [3.63, 3.8) is 0 Å². The van der Waals surface area contributed by atoms with Crippen LogP contribution in [-0.4, -0.2) is 8.76 Å². The lowest BCUT2D eigenvalue weighted by Gasteiger charge is -2.08. The van der Waals surface area contributed by atoms with Crippen LogP contribution in [0.4, 0.5) is 5.69 Å². The molecule has 7 heteroatoms. The maximum Gasteiger partial charge on any atom is 0.336 e. The van der Waals surface area contributed by atoms with E-state index in [2.05, 4.69) is 4.18 Å². The van der Waals surface area contributed by atoms with Crippen LogP contribution in [0.15, 0.2) is 33.5 Å². The first-order valence-electron chi connectivity index (χ1n) is 4.61. The molecule has 1 aromatic heterocycles. The van der Waals surface area contributed by atoms with E-state index in [1.807, 2.05) is 0 Å². The van der Waals surface area contributed by atoms with Crippen molar-refractivity contribution >= 4 is 28.0 Å². The van der Waals surface area contributed by atoms with Crippen LogP contribution in [0.25, 0.3) is 11.0 Å². The second-order valence-electron chi connectivity index (χ2n) is 3.31. The number of benzene rings is 1. The molecule has 1 heterocycles. The topological polar surface area (TPSA) is 106 Å². The van der Waals surface area contributed by atoms with Gasteiger partial charge in [-0.05, 0) is 17.7 Å². The summed E-state index contributed by atoms with van der Waals surface area (Å²) in [5.41, 5.74) is 6.15. The third kappa shape index (κ3) is 2.70. The second kappa shape index (κ2) is 4.66. The molecule has 0 saturated heterocycles. The van der Waals surface area contributed by atoms with E-state index in [0.29, 0.717) is 22.2 Å². The molecule has 0 spiro atoms. The molecule has 0 aliphatic heterocycles. The first kappa shape index (κ1) is 11.8. The maximum absolute atomic E-state index is 11.2. The standard InChI is InChI=1S/C10H9NO5S/c11-7-1-2-8-6(5-15-17(13)14)3-10(12)16-9(8)4-7/h1-4H,5,11H2,(H,13,14)/p-1. The van der Waals surface area contributed by atoms with E-state index in [1.54, 1.807) is 12.1 Å². The highest BCUT2D eigenvalue weighted by molar-refractivity contribution is 7.74. The van der Waals surface area contributed by atoms with Gasteiger partial charge in [-0.15, -0.1) is 0 Å². The summed E-state index contributed by atoms with van der Waals surface area (Å²) in [7, 11) is 0. The minimum Gasteiger partial charge on any atom is -0.750 e. The fourth-order valence-corrected chi connectivity index (χ4v) is 1.70. The lowest BCUT2D eigenvalue weighted by atomic mass is 10.1. The van der Waals surface area contributed by atoms with Gasteiger partial charge in [0.1, 0.15) is 5.58 Å². The molecule has 0 aliphatic carbocycles. The molecule has 1 atom stereocenters. The molecule has 1 unspecified atom stereocenters. The summed E-state index contributed by atoms with van der Waals surface area (Å²) in [6.45, 7) is -0.220. The first-order chi connectivity index (χ1) is 8.06. The second-order valence-corrected chi connectivity index (χ2v) is 3.96. The number of anilines is 1. The van der Waals surface area contributed by atoms with Crippen LogP contribution < -0.4 is 11.4 Å². The normalized spacial score (nSPS) is 12.8. The maximum atomic E-state index is 11.2. The molecule has 0 aliphatic rings. The Bertz CT molecular complexity index is 636. The molecule has 0 amide bonds. The van der Waals surface area contributed by atoms with Crippen LogP contribution >= 0.6 is 0 Å². The summed E-state index contributed by atoms with van der Waals surface area (Å²) in [6.07, 6.45) is 0. The quantitative estimate of drug-likeness (QED) is 0.490. The van der Waals surface area contributed by atoms with Gasteiger partial charge in [0.25, 0.3) is 0 Å². The van der Waals surface area contributed by atoms with E-state index in [4.69, 9.17) is 10.2 Å². The Morgan fingerprint density at radius 3 is 2.88 bits per heavy atom. The highest BCUT2D eigenvalue weighted by Gasteiger charge is 2.06. The molecule has 90 valence electrons. The molecule has 1 aromatic carbocycles. The Labute approximate surface area is 98.5 Å². The number of nitrogen functional groups attached to an aromatic ring is 1.